The molecule has 3 aromatic heterocycles. The number of nitrogens with one attached hydrogen (secondary N) is 1. The van der Waals surface area contributed by atoms with Gasteiger partial charge in [-0.25, -0.2) is 16.1 Å². The molecule has 1 saturated heterocycles. The van der Waals surface area contributed by atoms with E-state index in [1.807, 2.05) is 16.8 Å². The van der Waals surface area contributed by atoms with E-state index < -0.39 is 5.54 Å². The molecule has 0 radical (unpaired) electrons. The van der Waals surface area contributed by atoms with Gasteiger partial charge in [0.05, 0.1) is 36.5 Å². The first kappa shape index (κ1) is 17.2. The van der Waals surface area contributed by atoms with Crippen LogP contribution in [0.25, 0.3) is 21.9 Å². The third-order valence-electron chi connectivity index (χ3n) is 6.04. The lowest BCUT2D eigenvalue weighted by Gasteiger charge is -2.34. The molecule has 8 nitrogen and oxygen atoms in total. The molecule has 0 aromatic carbocycles. The number of aromatic amines is 1. The molecule has 0 unspecified atom stereocenters. The van der Waals surface area contributed by atoms with Gasteiger partial charge in [-0.2, -0.15) is 5.10 Å². The fourth-order valence-corrected chi connectivity index (χ4v) is 4.51. The minimum absolute atomic E-state index is 0.234. The molecule has 144 valence electrons. The van der Waals surface area contributed by atoms with Crippen LogP contribution in [-0.2, 0) is 10.3 Å². The molecule has 4 heterocycles. The van der Waals surface area contributed by atoms with Crippen LogP contribution in [0, 0.1) is 6.57 Å². The van der Waals surface area contributed by atoms with Crippen LogP contribution in [0.4, 0.5) is 5.82 Å². The second kappa shape index (κ2) is 6.60. The Morgan fingerprint density at radius 1 is 1.36 bits per heavy atom. The van der Waals surface area contributed by atoms with Crippen LogP contribution in [0.15, 0.2) is 24.5 Å². The Balaban J connectivity index is 1.75. The van der Waals surface area contributed by atoms with Crippen molar-refractivity contribution in [3.8, 4) is 11.5 Å². The summed E-state index contributed by atoms with van der Waals surface area (Å²) in [6.45, 7) is 12.3. The molecule has 1 atom stereocenters. The molecular formula is C20H23N7O. The molecule has 0 spiro atoms. The number of hydrogen-bond acceptors (Lipinski definition) is 5. The van der Waals surface area contributed by atoms with E-state index in [1.54, 1.807) is 6.20 Å². The van der Waals surface area contributed by atoms with Gasteiger partial charge in [-0.3, -0.25) is 5.10 Å². The van der Waals surface area contributed by atoms with Crippen molar-refractivity contribution in [2.45, 2.75) is 44.2 Å². The lowest BCUT2D eigenvalue weighted by molar-refractivity contribution is 0.0984. The van der Waals surface area contributed by atoms with Crippen molar-refractivity contribution in [1.82, 2.24) is 24.8 Å². The number of aromatic nitrogens is 5. The number of hydrogen-bond donors (Lipinski definition) is 1. The van der Waals surface area contributed by atoms with Crippen molar-refractivity contribution < 1.29 is 4.74 Å². The first-order valence-corrected chi connectivity index (χ1v) is 9.84. The monoisotopic (exact) mass is 377 g/mol. The molecule has 3 aromatic rings. The van der Waals surface area contributed by atoms with Gasteiger partial charge in [0.25, 0.3) is 5.54 Å². The first-order chi connectivity index (χ1) is 13.7. The molecule has 5 rings (SSSR count). The maximum absolute atomic E-state index is 7.99. The van der Waals surface area contributed by atoms with E-state index in [9.17, 15) is 0 Å². The fourth-order valence-electron chi connectivity index (χ4n) is 4.51. The zero-order valence-electron chi connectivity index (χ0n) is 15.9. The predicted octanol–water partition coefficient (Wildman–Crippen LogP) is 3.03. The van der Waals surface area contributed by atoms with Crippen LogP contribution in [0.2, 0.25) is 0 Å². The largest absolute Gasteiger partial charge is 0.377 e. The molecule has 8 heteroatoms. The Kier molecular flexibility index (Phi) is 4.05. The Bertz CT molecular complexity index is 1030. The minimum Gasteiger partial charge on any atom is -0.377 e. The highest BCUT2D eigenvalue weighted by atomic mass is 16.5. The van der Waals surface area contributed by atoms with Crippen molar-refractivity contribution in [1.29, 1.82) is 0 Å². The van der Waals surface area contributed by atoms with Gasteiger partial charge < -0.3 is 14.5 Å². The number of ether oxygens (including phenoxy) is 1. The summed E-state index contributed by atoms with van der Waals surface area (Å²) in [5.41, 5.74) is 2.28. The smallest absolute Gasteiger partial charge is 0.259 e. The Labute approximate surface area is 163 Å². The summed E-state index contributed by atoms with van der Waals surface area (Å²) in [6, 6.07) is 4.25. The van der Waals surface area contributed by atoms with Crippen LogP contribution < -0.4 is 4.90 Å². The van der Waals surface area contributed by atoms with Gasteiger partial charge in [-0.15, -0.1) is 5.10 Å². The molecule has 0 bridgehead atoms. The normalized spacial score (nSPS) is 21.9. The fraction of sp³-hybridized carbons (Fsp3) is 0.500. The highest BCUT2D eigenvalue weighted by Gasteiger charge is 2.44. The number of morpholine rings is 1. The Morgan fingerprint density at radius 2 is 2.21 bits per heavy atom. The molecule has 1 N–H and O–H groups in total. The summed E-state index contributed by atoms with van der Waals surface area (Å²) in [6.07, 6.45) is 7.50. The third-order valence-corrected chi connectivity index (χ3v) is 6.04. The van der Waals surface area contributed by atoms with E-state index in [-0.39, 0.29) is 6.04 Å². The van der Waals surface area contributed by atoms with Gasteiger partial charge in [0.15, 0.2) is 11.6 Å². The highest BCUT2D eigenvalue weighted by Crippen LogP contribution is 2.45. The molecule has 28 heavy (non-hydrogen) atoms. The van der Waals surface area contributed by atoms with Gasteiger partial charge in [0, 0.05) is 25.6 Å². The van der Waals surface area contributed by atoms with E-state index in [2.05, 4.69) is 37.9 Å². The standard InChI is InChI=1S/C20H23N7O/c1-14-13-28-10-9-26(14)18-11-15(20(21-2)6-3-4-7-20)17-12-22-19(27(17)25-18)16-5-8-23-24-16/h5,8,11-12,14H,3-4,6-7,9-10,13H2,1H3,(H,23,24)/t14-/m1/s1. The number of nitrogens with zero attached hydrogens (tertiary/aromatic N) is 6. The van der Waals surface area contributed by atoms with Crippen molar-refractivity contribution in [3.05, 3.63) is 41.5 Å². The minimum atomic E-state index is -0.486. The molecule has 1 aliphatic carbocycles. The van der Waals surface area contributed by atoms with E-state index in [0.717, 1.165) is 60.6 Å². The van der Waals surface area contributed by atoms with Gasteiger partial charge in [-0.1, -0.05) is 0 Å². The third kappa shape index (κ3) is 2.58. The number of imidazole rings is 1. The zero-order valence-corrected chi connectivity index (χ0v) is 15.9. The van der Waals surface area contributed by atoms with Crippen LogP contribution >= 0.6 is 0 Å². The summed E-state index contributed by atoms with van der Waals surface area (Å²) in [7, 11) is 0. The van der Waals surface area contributed by atoms with Crippen LogP contribution in [0.1, 0.15) is 38.2 Å². The SMILES string of the molecule is [C-]#[N+]C1(c2cc(N3CCOC[C@H]3C)nn3c(-c4ccn[nH]4)ncc23)CCCC1. The van der Waals surface area contributed by atoms with E-state index >= 15 is 0 Å². The number of H-pyrrole nitrogens is 1. The van der Waals surface area contributed by atoms with Crippen molar-refractivity contribution in [2.75, 3.05) is 24.7 Å². The lowest BCUT2D eigenvalue weighted by Crippen LogP contribution is -2.44. The second-order valence-electron chi connectivity index (χ2n) is 7.73. The lowest BCUT2D eigenvalue weighted by atomic mass is 9.89. The Morgan fingerprint density at radius 3 is 2.93 bits per heavy atom. The predicted molar refractivity (Wildman–Crippen MR) is 105 cm³/mol. The number of fused-ring (bicyclic) bond motifs is 1. The average molecular weight is 377 g/mol. The quantitative estimate of drug-likeness (QED) is 0.710. The summed E-state index contributed by atoms with van der Waals surface area (Å²) >= 11 is 0. The van der Waals surface area contributed by atoms with Crippen LogP contribution in [-0.4, -0.2) is 50.6 Å². The van der Waals surface area contributed by atoms with E-state index in [1.165, 1.54) is 0 Å². The maximum atomic E-state index is 7.99. The van der Waals surface area contributed by atoms with Gasteiger partial charge >= 0.3 is 0 Å². The zero-order chi connectivity index (χ0) is 19.1. The topological polar surface area (TPSA) is 75.7 Å². The first-order valence-electron chi connectivity index (χ1n) is 9.84. The summed E-state index contributed by atoms with van der Waals surface area (Å²) < 4.78 is 7.49. The highest BCUT2D eigenvalue weighted by molar-refractivity contribution is 5.67. The number of rotatable bonds is 3. The van der Waals surface area contributed by atoms with Crippen molar-refractivity contribution in [2.24, 2.45) is 0 Å². The Hall–Kier alpha value is -2.92. The van der Waals surface area contributed by atoms with Gasteiger partial charge in [0.2, 0.25) is 0 Å². The second-order valence-corrected chi connectivity index (χ2v) is 7.73. The van der Waals surface area contributed by atoms with E-state index in [0.29, 0.717) is 13.2 Å². The molecule has 2 aliphatic rings. The molecule has 1 saturated carbocycles. The summed E-state index contributed by atoms with van der Waals surface area (Å²) in [5.74, 6) is 1.60. The summed E-state index contributed by atoms with van der Waals surface area (Å²) in [5, 5.41) is 12.0. The van der Waals surface area contributed by atoms with Crippen LogP contribution in [0.5, 0.6) is 0 Å². The van der Waals surface area contributed by atoms with Crippen molar-refractivity contribution in [3.63, 3.8) is 0 Å². The maximum Gasteiger partial charge on any atom is 0.259 e. The van der Waals surface area contributed by atoms with Gasteiger partial charge in [0.1, 0.15) is 5.69 Å². The van der Waals surface area contributed by atoms with Crippen molar-refractivity contribution >= 4 is 11.3 Å². The van der Waals surface area contributed by atoms with Gasteiger partial charge in [-0.05, 0) is 31.9 Å². The van der Waals surface area contributed by atoms with Crippen LogP contribution in [0.3, 0.4) is 0 Å². The molecule has 1 aliphatic heterocycles. The average Bonchev–Trinajstić information content (AvgIpc) is 3.47. The number of anilines is 1. The van der Waals surface area contributed by atoms with E-state index in [4.69, 9.17) is 16.4 Å². The molecule has 2 fully saturated rings. The molecular weight excluding hydrogens is 354 g/mol. The summed E-state index contributed by atoms with van der Waals surface area (Å²) in [4.78, 5) is 11.0. The molecule has 0 amide bonds.